The molecule has 0 fully saturated rings. The number of anilines is 2. The second-order valence-corrected chi connectivity index (χ2v) is 7.05. The van der Waals surface area contributed by atoms with Crippen LogP contribution in [0.25, 0.3) is 22.6 Å². The van der Waals surface area contributed by atoms with Gasteiger partial charge in [-0.05, 0) is 24.3 Å². The minimum absolute atomic E-state index is 0.120. The van der Waals surface area contributed by atoms with Crippen molar-refractivity contribution in [1.82, 2.24) is 9.97 Å². The Morgan fingerprint density at radius 1 is 0.966 bits per heavy atom. The molecule has 0 saturated carbocycles. The van der Waals surface area contributed by atoms with Crippen LogP contribution in [0.4, 0.5) is 10.8 Å². The minimum Gasteiger partial charge on any atom is -0.444 e. The number of hydrogen-bond acceptors (Lipinski definition) is 6. The maximum absolute atomic E-state index is 12.5. The van der Waals surface area contributed by atoms with Crippen LogP contribution in [0.15, 0.2) is 70.9 Å². The number of aromatic nitrogens is 2. The molecule has 0 spiro atoms. The van der Waals surface area contributed by atoms with Gasteiger partial charge in [-0.15, -0.1) is 11.3 Å². The van der Waals surface area contributed by atoms with Gasteiger partial charge in [0, 0.05) is 34.7 Å². The van der Waals surface area contributed by atoms with Gasteiger partial charge in [-0.3, -0.25) is 14.9 Å². The largest absolute Gasteiger partial charge is 0.444 e. The van der Waals surface area contributed by atoms with Crippen molar-refractivity contribution in [2.75, 3.05) is 10.6 Å². The summed E-state index contributed by atoms with van der Waals surface area (Å²) < 4.78 is 5.25. The molecule has 0 aliphatic heterocycles. The number of hydrogen-bond donors (Lipinski definition) is 2. The Morgan fingerprint density at radius 3 is 2.34 bits per heavy atom. The molecule has 29 heavy (non-hydrogen) atoms. The highest BCUT2D eigenvalue weighted by atomic mass is 32.1. The molecule has 4 aromatic rings. The summed E-state index contributed by atoms with van der Waals surface area (Å²) >= 11 is 1.35. The molecular weight excluding hydrogens is 388 g/mol. The summed E-state index contributed by atoms with van der Waals surface area (Å²) in [4.78, 5) is 31.9. The molecule has 144 valence electrons. The van der Waals surface area contributed by atoms with Gasteiger partial charge in [-0.1, -0.05) is 24.3 Å². The van der Waals surface area contributed by atoms with E-state index in [1.165, 1.54) is 24.7 Å². The third-order valence-corrected chi connectivity index (χ3v) is 4.85. The predicted octanol–water partition coefficient (Wildman–Crippen LogP) is 4.68. The molecule has 0 aliphatic rings. The number of carbonyl (C=O) groups is 2. The van der Waals surface area contributed by atoms with Crippen LogP contribution in [0.1, 0.15) is 17.3 Å². The molecule has 0 unspecified atom stereocenters. The van der Waals surface area contributed by atoms with Gasteiger partial charge in [0.1, 0.15) is 0 Å². The van der Waals surface area contributed by atoms with E-state index in [4.69, 9.17) is 4.42 Å². The Kier molecular flexibility index (Phi) is 5.17. The molecule has 8 heteroatoms. The fourth-order valence-electron chi connectivity index (χ4n) is 2.70. The quantitative estimate of drug-likeness (QED) is 0.504. The van der Waals surface area contributed by atoms with E-state index in [0.29, 0.717) is 16.5 Å². The first-order valence-electron chi connectivity index (χ1n) is 8.72. The first kappa shape index (κ1) is 18.6. The summed E-state index contributed by atoms with van der Waals surface area (Å²) in [6.45, 7) is 1.46. The number of amides is 2. The molecule has 0 aliphatic carbocycles. The maximum atomic E-state index is 12.5. The molecule has 0 radical (unpaired) electrons. The molecule has 0 bridgehead atoms. The summed E-state index contributed by atoms with van der Waals surface area (Å²) in [5.41, 5.74) is 3.73. The molecule has 2 aromatic heterocycles. The van der Waals surface area contributed by atoms with Crippen LogP contribution in [0.5, 0.6) is 0 Å². The van der Waals surface area contributed by atoms with Crippen molar-refractivity contribution in [3.63, 3.8) is 0 Å². The molecule has 0 atom stereocenters. The van der Waals surface area contributed by atoms with Crippen molar-refractivity contribution in [1.29, 1.82) is 0 Å². The molecule has 2 aromatic carbocycles. The summed E-state index contributed by atoms with van der Waals surface area (Å²) in [5, 5.41) is 7.92. The van der Waals surface area contributed by atoms with Gasteiger partial charge < -0.3 is 9.73 Å². The Bertz CT molecular complexity index is 1130. The monoisotopic (exact) mass is 404 g/mol. The van der Waals surface area contributed by atoms with Gasteiger partial charge in [-0.25, -0.2) is 9.97 Å². The Hall–Kier alpha value is -3.78. The number of carbonyl (C=O) groups excluding carboxylic acids is 2. The van der Waals surface area contributed by atoms with Crippen molar-refractivity contribution in [2.45, 2.75) is 6.92 Å². The third-order valence-electron chi connectivity index (χ3n) is 4.09. The highest BCUT2D eigenvalue weighted by Crippen LogP contribution is 2.26. The summed E-state index contributed by atoms with van der Waals surface area (Å²) in [6, 6.07) is 14.4. The van der Waals surface area contributed by atoms with E-state index in [1.54, 1.807) is 30.5 Å². The van der Waals surface area contributed by atoms with E-state index in [0.717, 1.165) is 22.5 Å². The number of nitrogens with one attached hydrogen (secondary N) is 2. The standard InChI is InChI=1S/C21H16N4O3S/c1-13(26)23-17-8-6-14(7-9-17)18-11-29-21(24-18)25-20(27)16-4-2-15(3-5-16)19-10-22-12-28-19/h2-12H,1H3,(H,23,26)(H,24,25,27). The van der Waals surface area contributed by atoms with Crippen molar-refractivity contribution in [2.24, 2.45) is 0 Å². The molecular formula is C21H16N4O3S. The van der Waals surface area contributed by atoms with Crippen LogP contribution in [0.3, 0.4) is 0 Å². The topological polar surface area (TPSA) is 97.1 Å². The van der Waals surface area contributed by atoms with E-state index in [-0.39, 0.29) is 11.8 Å². The van der Waals surface area contributed by atoms with Crippen molar-refractivity contribution < 1.29 is 14.0 Å². The average molecular weight is 404 g/mol. The zero-order valence-electron chi connectivity index (χ0n) is 15.4. The molecule has 2 amide bonds. The first-order valence-corrected chi connectivity index (χ1v) is 9.60. The molecule has 0 saturated heterocycles. The van der Waals surface area contributed by atoms with Gasteiger partial charge in [0.2, 0.25) is 5.91 Å². The van der Waals surface area contributed by atoms with Crippen LogP contribution in [0.2, 0.25) is 0 Å². The predicted molar refractivity (Wildman–Crippen MR) is 112 cm³/mol. The van der Waals surface area contributed by atoms with Gasteiger partial charge in [0.15, 0.2) is 17.3 Å². The first-order chi connectivity index (χ1) is 14.1. The molecule has 4 rings (SSSR count). The van der Waals surface area contributed by atoms with Gasteiger partial charge in [-0.2, -0.15) is 0 Å². The van der Waals surface area contributed by atoms with Crippen LogP contribution >= 0.6 is 11.3 Å². The van der Waals surface area contributed by atoms with Gasteiger partial charge in [0.25, 0.3) is 5.91 Å². The number of thiazole rings is 1. The average Bonchev–Trinajstić information content (AvgIpc) is 3.40. The summed E-state index contributed by atoms with van der Waals surface area (Å²) in [6.07, 6.45) is 2.98. The van der Waals surface area contributed by atoms with Crippen molar-refractivity contribution >= 4 is 34.0 Å². The fourth-order valence-corrected chi connectivity index (χ4v) is 3.42. The fraction of sp³-hybridized carbons (Fsp3) is 0.0476. The van der Waals surface area contributed by atoms with E-state index < -0.39 is 0 Å². The Balaban J connectivity index is 1.43. The normalized spacial score (nSPS) is 10.5. The second-order valence-electron chi connectivity index (χ2n) is 6.19. The smallest absolute Gasteiger partial charge is 0.257 e. The summed E-state index contributed by atoms with van der Waals surface area (Å²) in [5.74, 6) is 0.285. The lowest BCUT2D eigenvalue weighted by atomic mass is 10.1. The van der Waals surface area contributed by atoms with E-state index in [9.17, 15) is 9.59 Å². The highest BCUT2D eigenvalue weighted by Gasteiger charge is 2.11. The third kappa shape index (κ3) is 4.39. The maximum Gasteiger partial charge on any atom is 0.257 e. The lowest BCUT2D eigenvalue weighted by Crippen LogP contribution is -2.11. The van der Waals surface area contributed by atoms with Crippen molar-refractivity contribution in [3.8, 4) is 22.6 Å². The Morgan fingerprint density at radius 2 is 1.69 bits per heavy atom. The van der Waals surface area contributed by atoms with Crippen molar-refractivity contribution in [3.05, 3.63) is 72.1 Å². The van der Waals surface area contributed by atoms with Gasteiger partial charge in [0.05, 0.1) is 11.9 Å². The lowest BCUT2D eigenvalue weighted by molar-refractivity contribution is -0.114. The zero-order chi connectivity index (χ0) is 20.2. The summed E-state index contributed by atoms with van der Waals surface area (Å²) in [7, 11) is 0. The highest BCUT2D eigenvalue weighted by molar-refractivity contribution is 7.14. The van der Waals surface area contributed by atoms with E-state index >= 15 is 0 Å². The SMILES string of the molecule is CC(=O)Nc1ccc(-c2csc(NC(=O)c3ccc(-c4cnco4)cc3)n2)cc1. The van der Waals surface area contributed by atoms with Crippen LogP contribution in [-0.4, -0.2) is 21.8 Å². The van der Waals surface area contributed by atoms with E-state index in [1.807, 2.05) is 29.6 Å². The molecule has 2 N–H and O–H groups in total. The van der Waals surface area contributed by atoms with E-state index in [2.05, 4.69) is 20.6 Å². The number of nitrogens with zero attached hydrogens (tertiary/aromatic N) is 2. The second kappa shape index (κ2) is 8.07. The number of oxazole rings is 1. The molecule has 7 nitrogen and oxygen atoms in total. The van der Waals surface area contributed by atoms with Crippen LogP contribution < -0.4 is 10.6 Å². The number of rotatable bonds is 5. The number of benzene rings is 2. The lowest BCUT2D eigenvalue weighted by Gasteiger charge is -2.03. The van der Waals surface area contributed by atoms with Crippen LogP contribution in [-0.2, 0) is 4.79 Å². The Labute approximate surface area is 170 Å². The minimum atomic E-state index is -0.240. The van der Waals surface area contributed by atoms with Gasteiger partial charge >= 0.3 is 0 Å². The zero-order valence-corrected chi connectivity index (χ0v) is 16.2. The van der Waals surface area contributed by atoms with Crippen LogP contribution in [0, 0.1) is 0 Å². The molecule has 2 heterocycles.